The predicted molar refractivity (Wildman–Crippen MR) is 88.1 cm³/mol. The van der Waals surface area contributed by atoms with Gasteiger partial charge in [-0.15, -0.1) is 0 Å². The number of sulfonamides is 1. The van der Waals surface area contributed by atoms with Crippen LogP contribution in [0.5, 0.6) is 17.2 Å². The molecule has 1 N–H and O–H groups in total. The van der Waals surface area contributed by atoms with E-state index in [9.17, 15) is 8.42 Å². The van der Waals surface area contributed by atoms with Gasteiger partial charge in [-0.1, -0.05) is 0 Å². The average Bonchev–Trinajstić information content (AvgIpc) is 2.55. The number of benzene rings is 2. The summed E-state index contributed by atoms with van der Waals surface area (Å²) < 4.78 is 43.3. The second kappa shape index (κ2) is 6.78. The number of methoxy groups -OCH3 is 3. The fraction of sp³-hybridized carbons (Fsp3) is 0.250. The van der Waals surface area contributed by atoms with E-state index in [4.69, 9.17) is 14.2 Å². The lowest BCUT2D eigenvalue weighted by Gasteiger charge is -2.14. The van der Waals surface area contributed by atoms with Crippen LogP contribution in [0.4, 0.5) is 5.69 Å². The highest BCUT2D eigenvalue weighted by Gasteiger charge is 2.21. The predicted octanol–water partition coefficient (Wildman–Crippen LogP) is 2.82. The van der Waals surface area contributed by atoms with Gasteiger partial charge in [0.2, 0.25) is 0 Å². The second-order valence-corrected chi connectivity index (χ2v) is 6.45. The van der Waals surface area contributed by atoms with Crippen molar-refractivity contribution in [3.63, 3.8) is 0 Å². The monoisotopic (exact) mass is 337 g/mol. The van der Waals surface area contributed by atoms with Gasteiger partial charge >= 0.3 is 0 Å². The topological polar surface area (TPSA) is 73.9 Å². The molecule has 0 unspecified atom stereocenters. The van der Waals surface area contributed by atoms with Gasteiger partial charge in [-0.2, -0.15) is 0 Å². The molecule has 0 spiro atoms. The van der Waals surface area contributed by atoms with Gasteiger partial charge in [0.25, 0.3) is 10.0 Å². The SMILES string of the molecule is COc1ccc(NS(=O)(=O)c2cc(OC)ccc2OC)c(C)c1. The lowest BCUT2D eigenvalue weighted by Crippen LogP contribution is -2.15. The van der Waals surface area contributed by atoms with Gasteiger partial charge in [-0.05, 0) is 42.8 Å². The lowest BCUT2D eigenvalue weighted by molar-refractivity contribution is 0.392. The highest BCUT2D eigenvalue weighted by molar-refractivity contribution is 7.92. The molecule has 0 atom stereocenters. The molecular weight excluding hydrogens is 318 g/mol. The molecule has 0 bridgehead atoms. The minimum atomic E-state index is -3.83. The van der Waals surface area contributed by atoms with E-state index >= 15 is 0 Å². The van der Waals surface area contributed by atoms with Crippen molar-refractivity contribution in [2.45, 2.75) is 11.8 Å². The van der Waals surface area contributed by atoms with Crippen LogP contribution in [0.2, 0.25) is 0 Å². The molecule has 0 heterocycles. The highest BCUT2D eigenvalue weighted by atomic mass is 32.2. The number of hydrogen-bond acceptors (Lipinski definition) is 5. The summed E-state index contributed by atoms with van der Waals surface area (Å²) in [6, 6.07) is 9.69. The maximum absolute atomic E-state index is 12.7. The Bertz CT molecular complexity index is 802. The van der Waals surface area contributed by atoms with E-state index in [1.807, 2.05) is 0 Å². The van der Waals surface area contributed by atoms with E-state index in [1.54, 1.807) is 44.4 Å². The number of ether oxygens (including phenoxy) is 3. The first-order chi connectivity index (χ1) is 10.9. The Morgan fingerprint density at radius 1 is 0.870 bits per heavy atom. The van der Waals surface area contributed by atoms with E-state index < -0.39 is 10.0 Å². The van der Waals surface area contributed by atoms with Gasteiger partial charge in [0.05, 0.1) is 27.0 Å². The maximum atomic E-state index is 12.7. The molecule has 0 amide bonds. The molecule has 0 aromatic heterocycles. The van der Waals surface area contributed by atoms with Crippen LogP contribution in [0.3, 0.4) is 0 Å². The Hall–Kier alpha value is -2.41. The van der Waals surface area contributed by atoms with Crippen molar-refractivity contribution in [2.75, 3.05) is 26.1 Å². The summed E-state index contributed by atoms with van der Waals surface area (Å²) in [6.07, 6.45) is 0. The molecular formula is C16H19NO5S. The van der Waals surface area contributed by atoms with Crippen molar-refractivity contribution in [1.29, 1.82) is 0 Å². The lowest BCUT2D eigenvalue weighted by atomic mass is 10.2. The van der Waals surface area contributed by atoms with E-state index in [0.29, 0.717) is 17.2 Å². The first-order valence-electron chi connectivity index (χ1n) is 6.80. The van der Waals surface area contributed by atoms with Crippen molar-refractivity contribution in [3.8, 4) is 17.2 Å². The molecule has 2 rings (SSSR count). The van der Waals surface area contributed by atoms with Gasteiger partial charge in [0.1, 0.15) is 22.1 Å². The number of nitrogens with one attached hydrogen (secondary N) is 1. The molecule has 0 aliphatic heterocycles. The molecule has 2 aromatic carbocycles. The molecule has 0 fully saturated rings. The molecule has 0 aliphatic carbocycles. The van der Waals surface area contributed by atoms with Gasteiger partial charge < -0.3 is 14.2 Å². The number of rotatable bonds is 6. The average molecular weight is 337 g/mol. The van der Waals surface area contributed by atoms with E-state index in [0.717, 1.165) is 5.56 Å². The smallest absolute Gasteiger partial charge is 0.265 e. The van der Waals surface area contributed by atoms with E-state index in [-0.39, 0.29) is 10.6 Å². The first-order valence-corrected chi connectivity index (χ1v) is 8.29. The Kier molecular flexibility index (Phi) is 5.00. The fourth-order valence-corrected chi connectivity index (χ4v) is 3.39. The molecule has 6 nitrogen and oxygen atoms in total. The summed E-state index contributed by atoms with van der Waals surface area (Å²) >= 11 is 0. The number of anilines is 1. The van der Waals surface area contributed by atoms with Crippen LogP contribution in [-0.4, -0.2) is 29.7 Å². The van der Waals surface area contributed by atoms with Crippen molar-refractivity contribution in [3.05, 3.63) is 42.0 Å². The molecule has 0 aliphatic rings. The zero-order valence-corrected chi connectivity index (χ0v) is 14.2. The van der Waals surface area contributed by atoms with Crippen molar-refractivity contribution in [1.82, 2.24) is 0 Å². The summed E-state index contributed by atoms with van der Waals surface area (Å²) in [5, 5.41) is 0. The third kappa shape index (κ3) is 3.68. The number of hydrogen-bond donors (Lipinski definition) is 1. The van der Waals surface area contributed by atoms with Gasteiger partial charge in [0, 0.05) is 6.07 Å². The van der Waals surface area contributed by atoms with Crippen LogP contribution in [0.1, 0.15) is 5.56 Å². The van der Waals surface area contributed by atoms with Gasteiger partial charge in [0.15, 0.2) is 0 Å². The number of aryl methyl sites for hydroxylation is 1. The Labute approximate surface area is 136 Å². The zero-order valence-electron chi connectivity index (χ0n) is 13.4. The molecule has 124 valence electrons. The quantitative estimate of drug-likeness (QED) is 0.877. The summed E-state index contributed by atoms with van der Waals surface area (Å²) in [5.74, 6) is 1.33. The minimum absolute atomic E-state index is 0.00886. The maximum Gasteiger partial charge on any atom is 0.265 e. The summed E-state index contributed by atoms with van der Waals surface area (Å²) in [7, 11) is 0.616. The van der Waals surface area contributed by atoms with E-state index in [2.05, 4.69) is 4.72 Å². The third-order valence-electron chi connectivity index (χ3n) is 3.34. The zero-order chi connectivity index (χ0) is 17.0. The molecule has 0 saturated carbocycles. The van der Waals surface area contributed by atoms with Crippen LogP contribution in [0, 0.1) is 6.92 Å². The summed E-state index contributed by atoms with van der Waals surface area (Å²) in [4.78, 5) is 0.00886. The normalized spacial score (nSPS) is 11.0. The minimum Gasteiger partial charge on any atom is -0.497 e. The van der Waals surface area contributed by atoms with Crippen molar-refractivity contribution < 1.29 is 22.6 Å². The highest BCUT2D eigenvalue weighted by Crippen LogP contribution is 2.31. The molecule has 0 saturated heterocycles. The third-order valence-corrected chi connectivity index (χ3v) is 4.72. The van der Waals surface area contributed by atoms with Gasteiger partial charge in [-0.25, -0.2) is 8.42 Å². The Morgan fingerprint density at radius 2 is 1.48 bits per heavy atom. The van der Waals surface area contributed by atoms with Crippen molar-refractivity contribution in [2.24, 2.45) is 0 Å². The van der Waals surface area contributed by atoms with Crippen LogP contribution < -0.4 is 18.9 Å². The molecule has 7 heteroatoms. The first kappa shape index (κ1) is 17.0. The molecule has 2 aromatic rings. The van der Waals surface area contributed by atoms with E-state index in [1.165, 1.54) is 20.3 Å². The largest absolute Gasteiger partial charge is 0.497 e. The van der Waals surface area contributed by atoms with Crippen LogP contribution in [0.25, 0.3) is 0 Å². The standard InChI is InChI=1S/C16H19NO5S/c1-11-9-12(20-2)5-7-14(11)17-23(18,19)16-10-13(21-3)6-8-15(16)22-4/h5-10,17H,1-4H3. The van der Waals surface area contributed by atoms with Crippen LogP contribution in [0.15, 0.2) is 41.3 Å². The summed E-state index contributed by atoms with van der Waals surface area (Å²) in [5.41, 5.74) is 1.21. The molecule has 0 radical (unpaired) electrons. The van der Waals surface area contributed by atoms with Crippen LogP contribution >= 0.6 is 0 Å². The van der Waals surface area contributed by atoms with Gasteiger partial charge in [-0.3, -0.25) is 4.72 Å². The molecule has 23 heavy (non-hydrogen) atoms. The Balaban J connectivity index is 2.43. The fourth-order valence-electron chi connectivity index (χ4n) is 2.07. The van der Waals surface area contributed by atoms with Crippen LogP contribution in [-0.2, 0) is 10.0 Å². The summed E-state index contributed by atoms with van der Waals surface area (Å²) in [6.45, 7) is 1.79. The second-order valence-electron chi connectivity index (χ2n) is 4.80. The van der Waals surface area contributed by atoms with Crippen molar-refractivity contribution >= 4 is 15.7 Å². The Morgan fingerprint density at radius 3 is 2.04 bits per heavy atom.